The van der Waals surface area contributed by atoms with Crippen molar-refractivity contribution in [1.29, 1.82) is 0 Å². The summed E-state index contributed by atoms with van der Waals surface area (Å²) in [6, 6.07) is 8.70. The van der Waals surface area contributed by atoms with Gasteiger partial charge in [-0.3, -0.25) is 14.4 Å². The largest absolute Gasteiger partial charge is 0.469 e. The maximum absolute atomic E-state index is 12.4. The fourth-order valence-electron chi connectivity index (χ4n) is 3.34. The van der Waals surface area contributed by atoms with Crippen molar-refractivity contribution in [2.24, 2.45) is 11.8 Å². The van der Waals surface area contributed by atoms with Gasteiger partial charge in [-0.15, -0.1) is 0 Å². The molecule has 0 saturated heterocycles. The van der Waals surface area contributed by atoms with Crippen molar-refractivity contribution >= 4 is 17.7 Å². The lowest BCUT2D eigenvalue weighted by Gasteiger charge is -2.43. The smallest absolute Gasteiger partial charge is 0.316 e. The van der Waals surface area contributed by atoms with Gasteiger partial charge in [0.1, 0.15) is 5.92 Å². The van der Waals surface area contributed by atoms with Crippen LogP contribution in [0.1, 0.15) is 24.8 Å². The fourth-order valence-corrected chi connectivity index (χ4v) is 3.34. The molecule has 0 heterocycles. The van der Waals surface area contributed by atoms with Gasteiger partial charge in [-0.1, -0.05) is 30.3 Å². The third-order valence-corrected chi connectivity index (χ3v) is 4.36. The van der Waals surface area contributed by atoms with Crippen LogP contribution in [0.25, 0.3) is 0 Å². The molecule has 1 fully saturated rings. The first kappa shape index (κ1) is 17.1. The first-order chi connectivity index (χ1) is 10.8. The predicted octanol–water partition coefficient (Wildman–Crippen LogP) is 1.07. The number of benzene rings is 1. The summed E-state index contributed by atoms with van der Waals surface area (Å²) in [5, 5.41) is 10.6. The number of rotatable bonds is 3. The van der Waals surface area contributed by atoms with Gasteiger partial charge in [-0.2, -0.15) is 0 Å². The second-order valence-corrected chi connectivity index (χ2v) is 5.94. The summed E-state index contributed by atoms with van der Waals surface area (Å²) in [5.74, 6) is -4.86. The van der Waals surface area contributed by atoms with E-state index in [4.69, 9.17) is 9.47 Å². The molecule has 0 amide bonds. The monoisotopic (exact) mass is 320 g/mol. The van der Waals surface area contributed by atoms with Crippen molar-refractivity contribution in [3.05, 3.63) is 35.9 Å². The van der Waals surface area contributed by atoms with Gasteiger partial charge >= 0.3 is 11.9 Å². The Morgan fingerprint density at radius 1 is 1.13 bits per heavy atom. The van der Waals surface area contributed by atoms with Gasteiger partial charge in [-0.05, 0) is 12.5 Å². The number of methoxy groups -OCH3 is 2. The van der Waals surface area contributed by atoms with Crippen LogP contribution in [-0.2, 0) is 23.9 Å². The second-order valence-electron chi connectivity index (χ2n) is 5.94. The molecule has 0 unspecified atom stereocenters. The average Bonchev–Trinajstić information content (AvgIpc) is 2.52. The van der Waals surface area contributed by atoms with Crippen LogP contribution in [0.2, 0.25) is 0 Å². The Morgan fingerprint density at radius 2 is 1.70 bits per heavy atom. The molecule has 1 N–H and O–H groups in total. The van der Waals surface area contributed by atoms with E-state index >= 15 is 0 Å². The molecule has 2 rings (SSSR count). The number of esters is 2. The van der Waals surface area contributed by atoms with Gasteiger partial charge < -0.3 is 14.6 Å². The third kappa shape index (κ3) is 3.12. The van der Waals surface area contributed by atoms with Gasteiger partial charge in [0.2, 0.25) is 0 Å². The topological polar surface area (TPSA) is 89.9 Å². The van der Waals surface area contributed by atoms with E-state index in [1.165, 1.54) is 21.1 Å². The van der Waals surface area contributed by atoms with E-state index in [-0.39, 0.29) is 6.42 Å². The van der Waals surface area contributed by atoms with Crippen LogP contribution in [0.4, 0.5) is 0 Å². The molecule has 23 heavy (non-hydrogen) atoms. The summed E-state index contributed by atoms with van der Waals surface area (Å²) in [7, 11) is 2.40. The summed E-state index contributed by atoms with van der Waals surface area (Å²) >= 11 is 0. The molecule has 1 aliphatic rings. The van der Waals surface area contributed by atoms with Crippen LogP contribution in [0, 0.1) is 11.8 Å². The van der Waals surface area contributed by atoms with Crippen LogP contribution in [0.5, 0.6) is 0 Å². The minimum Gasteiger partial charge on any atom is -0.469 e. The Balaban J connectivity index is 2.61. The average molecular weight is 320 g/mol. The van der Waals surface area contributed by atoms with Crippen molar-refractivity contribution in [2.45, 2.75) is 24.9 Å². The van der Waals surface area contributed by atoms with Gasteiger partial charge in [0.25, 0.3) is 0 Å². The first-order valence-electron chi connectivity index (χ1n) is 7.29. The van der Waals surface area contributed by atoms with Gasteiger partial charge in [0, 0.05) is 12.3 Å². The number of carbonyl (C=O) groups is 3. The van der Waals surface area contributed by atoms with Crippen LogP contribution in [0.15, 0.2) is 30.3 Å². The number of hydrogen-bond acceptors (Lipinski definition) is 6. The van der Waals surface area contributed by atoms with Crippen molar-refractivity contribution in [2.75, 3.05) is 14.2 Å². The molecule has 0 aromatic heterocycles. The zero-order valence-electron chi connectivity index (χ0n) is 13.3. The van der Waals surface area contributed by atoms with E-state index in [1.54, 1.807) is 30.3 Å². The molecule has 124 valence electrons. The van der Waals surface area contributed by atoms with Gasteiger partial charge in [0.05, 0.1) is 25.7 Å². The van der Waals surface area contributed by atoms with E-state index < -0.39 is 41.1 Å². The van der Waals surface area contributed by atoms with Gasteiger partial charge in [-0.25, -0.2) is 0 Å². The Labute approximate surface area is 134 Å². The lowest BCUT2D eigenvalue weighted by Crippen LogP contribution is -2.55. The fraction of sp³-hybridized carbons (Fsp3) is 0.471. The highest BCUT2D eigenvalue weighted by Gasteiger charge is 2.56. The number of ketones is 1. The summed E-state index contributed by atoms with van der Waals surface area (Å²) in [4.78, 5) is 36.9. The van der Waals surface area contributed by atoms with Crippen LogP contribution < -0.4 is 0 Å². The molecular formula is C17H20O6. The minimum atomic E-state index is -1.60. The highest BCUT2D eigenvalue weighted by atomic mass is 16.5. The van der Waals surface area contributed by atoms with Crippen LogP contribution in [-0.4, -0.2) is 42.6 Å². The summed E-state index contributed by atoms with van der Waals surface area (Å²) in [6.07, 6.45) is -0.310. The lowest BCUT2D eigenvalue weighted by atomic mass is 9.62. The third-order valence-electron chi connectivity index (χ3n) is 4.36. The molecule has 1 aromatic rings. The number of ether oxygens (including phenoxy) is 2. The number of carbonyl (C=O) groups excluding carboxylic acids is 3. The first-order valence-corrected chi connectivity index (χ1v) is 7.29. The molecule has 0 aliphatic heterocycles. The summed E-state index contributed by atoms with van der Waals surface area (Å²) in [6.45, 7) is 1.41. The maximum atomic E-state index is 12.4. The lowest BCUT2D eigenvalue weighted by molar-refractivity contribution is -0.170. The highest BCUT2D eigenvalue weighted by molar-refractivity contribution is 6.02. The van der Waals surface area contributed by atoms with E-state index in [0.717, 1.165) is 0 Å². The number of aliphatic hydroxyl groups is 1. The van der Waals surface area contributed by atoms with E-state index in [0.29, 0.717) is 5.56 Å². The molecule has 0 bridgehead atoms. The Morgan fingerprint density at radius 3 is 2.22 bits per heavy atom. The molecule has 1 aromatic carbocycles. The predicted molar refractivity (Wildman–Crippen MR) is 80.4 cm³/mol. The molecule has 4 atom stereocenters. The second kappa shape index (κ2) is 6.50. The van der Waals surface area contributed by atoms with E-state index in [2.05, 4.69) is 0 Å². The van der Waals surface area contributed by atoms with Crippen molar-refractivity contribution in [1.82, 2.24) is 0 Å². The van der Waals surface area contributed by atoms with Gasteiger partial charge in [0.15, 0.2) is 5.78 Å². The molecule has 0 radical (unpaired) electrons. The van der Waals surface area contributed by atoms with Crippen LogP contribution >= 0.6 is 0 Å². The zero-order valence-corrected chi connectivity index (χ0v) is 13.3. The molecule has 0 spiro atoms. The van der Waals surface area contributed by atoms with Crippen LogP contribution in [0.3, 0.4) is 0 Å². The normalized spacial score (nSPS) is 30.6. The zero-order chi connectivity index (χ0) is 17.2. The summed E-state index contributed by atoms with van der Waals surface area (Å²) in [5.41, 5.74) is -0.999. The van der Waals surface area contributed by atoms with E-state index in [9.17, 15) is 19.5 Å². The molecule has 6 heteroatoms. The molecule has 1 aliphatic carbocycles. The highest BCUT2D eigenvalue weighted by Crippen LogP contribution is 2.46. The maximum Gasteiger partial charge on any atom is 0.316 e. The number of hydrogen-bond donors (Lipinski definition) is 1. The van der Waals surface area contributed by atoms with Crippen molar-refractivity contribution < 1.29 is 29.0 Å². The minimum absolute atomic E-state index is 0.310. The van der Waals surface area contributed by atoms with Crippen molar-refractivity contribution in [3.63, 3.8) is 0 Å². The SMILES string of the molecule is COC(=O)[C@@H]1C(=O)C[C@](C)(O)[C@@H](C(=O)OC)[C@@H]1c1ccccc1. The standard InChI is InChI=1S/C17H20O6/c1-17(21)9-11(18)13(15(19)22-2)12(14(17)16(20)23-3)10-7-5-4-6-8-10/h4-8,12-14,21H,9H2,1-3H3/t12-,13-,14-,17+/m1/s1. The summed E-state index contributed by atoms with van der Waals surface area (Å²) < 4.78 is 9.56. The number of Topliss-reactive ketones (excluding diaryl/α,β-unsaturated/α-hetero) is 1. The Kier molecular flexibility index (Phi) is 4.85. The molecular weight excluding hydrogens is 300 g/mol. The Hall–Kier alpha value is -2.21. The quantitative estimate of drug-likeness (QED) is 0.662. The van der Waals surface area contributed by atoms with E-state index in [1.807, 2.05) is 0 Å². The molecule has 1 saturated carbocycles. The molecule has 6 nitrogen and oxygen atoms in total. The Bertz CT molecular complexity index is 607. The van der Waals surface area contributed by atoms with Crippen molar-refractivity contribution in [3.8, 4) is 0 Å².